The fraction of sp³-hybridized carbons (Fsp3) is 0.556. The van der Waals surface area contributed by atoms with Crippen LogP contribution in [0.15, 0.2) is 24.3 Å². The zero-order valence-electron chi connectivity index (χ0n) is 13.8. The number of piperazine rings is 1. The van der Waals surface area contributed by atoms with Crippen molar-refractivity contribution in [1.82, 2.24) is 15.1 Å². The van der Waals surface area contributed by atoms with Gasteiger partial charge < -0.3 is 10.2 Å². The molecule has 2 heterocycles. The van der Waals surface area contributed by atoms with Gasteiger partial charge >= 0.3 is 0 Å². The molecule has 1 aromatic rings. The first-order valence-corrected chi connectivity index (χ1v) is 8.54. The molecule has 2 aliphatic rings. The quantitative estimate of drug-likeness (QED) is 0.907. The van der Waals surface area contributed by atoms with Crippen molar-refractivity contribution in [1.29, 1.82) is 0 Å². The van der Waals surface area contributed by atoms with Crippen LogP contribution in [0.4, 0.5) is 0 Å². The molecule has 1 atom stereocenters. The molecule has 124 valence electrons. The molecule has 1 unspecified atom stereocenters. The van der Waals surface area contributed by atoms with E-state index in [1.807, 2.05) is 4.90 Å². The molecule has 0 radical (unpaired) electrons. The maximum Gasteiger partial charge on any atom is 0.245 e. The molecule has 2 aliphatic heterocycles. The molecule has 23 heavy (non-hydrogen) atoms. The zero-order chi connectivity index (χ0) is 16.2. The van der Waals surface area contributed by atoms with Crippen molar-refractivity contribution in [2.75, 3.05) is 26.2 Å². The van der Waals surface area contributed by atoms with Crippen LogP contribution in [0.3, 0.4) is 0 Å². The van der Waals surface area contributed by atoms with Crippen LogP contribution >= 0.6 is 0 Å². The number of rotatable bonds is 4. The number of aryl methyl sites for hydroxylation is 1. The van der Waals surface area contributed by atoms with E-state index >= 15 is 0 Å². The Labute approximate surface area is 137 Å². The van der Waals surface area contributed by atoms with Crippen LogP contribution in [0.25, 0.3) is 0 Å². The summed E-state index contributed by atoms with van der Waals surface area (Å²) in [7, 11) is 0. The Morgan fingerprint density at radius 2 is 1.78 bits per heavy atom. The molecule has 0 aromatic heterocycles. The van der Waals surface area contributed by atoms with Gasteiger partial charge in [-0.05, 0) is 24.0 Å². The number of carbonyl (C=O) groups is 2. The van der Waals surface area contributed by atoms with Crippen LogP contribution in [0, 0.1) is 0 Å². The predicted octanol–water partition coefficient (Wildman–Crippen LogP) is 1.17. The van der Waals surface area contributed by atoms with Gasteiger partial charge in [-0.2, -0.15) is 0 Å². The highest BCUT2D eigenvalue weighted by atomic mass is 16.2. The van der Waals surface area contributed by atoms with Gasteiger partial charge in [-0.15, -0.1) is 0 Å². The van der Waals surface area contributed by atoms with E-state index in [1.165, 1.54) is 11.1 Å². The van der Waals surface area contributed by atoms with Gasteiger partial charge in [-0.3, -0.25) is 14.5 Å². The molecule has 5 heteroatoms. The number of nitrogens with one attached hydrogen (secondary N) is 1. The van der Waals surface area contributed by atoms with Crippen molar-refractivity contribution in [2.24, 2.45) is 0 Å². The summed E-state index contributed by atoms with van der Waals surface area (Å²) >= 11 is 0. The average Bonchev–Trinajstić information content (AvgIpc) is 3.02. The Morgan fingerprint density at radius 1 is 1.13 bits per heavy atom. The Bertz CT molecular complexity index is 562. The Morgan fingerprint density at radius 3 is 2.35 bits per heavy atom. The number of benzene rings is 1. The minimum atomic E-state index is -0.296. The lowest BCUT2D eigenvalue weighted by Crippen LogP contribution is -2.53. The van der Waals surface area contributed by atoms with Gasteiger partial charge in [0.1, 0.15) is 6.04 Å². The molecule has 1 aromatic carbocycles. The zero-order valence-corrected chi connectivity index (χ0v) is 13.8. The first-order valence-electron chi connectivity index (χ1n) is 8.54. The largest absolute Gasteiger partial charge is 0.344 e. The first kappa shape index (κ1) is 16.0. The summed E-state index contributed by atoms with van der Waals surface area (Å²) in [6.45, 7) is 6.38. The molecule has 0 bridgehead atoms. The normalized spacial score (nSPS) is 22.2. The first-order chi connectivity index (χ1) is 11.2. The monoisotopic (exact) mass is 315 g/mol. The number of hydrogen-bond donors (Lipinski definition) is 1. The van der Waals surface area contributed by atoms with Gasteiger partial charge in [0.15, 0.2) is 0 Å². The van der Waals surface area contributed by atoms with Gasteiger partial charge in [0, 0.05) is 39.1 Å². The average molecular weight is 315 g/mol. The van der Waals surface area contributed by atoms with Gasteiger partial charge in [0.25, 0.3) is 0 Å². The van der Waals surface area contributed by atoms with E-state index < -0.39 is 0 Å². The van der Waals surface area contributed by atoms with Crippen LogP contribution in [-0.4, -0.2) is 53.8 Å². The van der Waals surface area contributed by atoms with Gasteiger partial charge in [0.05, 0.1) is 0 Å². The van der Waals surface area contributed by atoms with Crippen molar-refractivity contribution < 1.29 is 9.59 Å². The molecule has 2 saturated heterocycles. The lowest BCUT2D eigenvalue weighted by Gasteiger charge is -2.35. The highest BCUT2D eigenvalue weighted by Gasteiger charge is 2.32. The third-order valence-electron chi connectivity index (χ3n) is 4.81. The van der Waals surface area contributed by atoms with E-state index in [-0.39, 0.29) is 17.9 Å². The highest BCUT2D eigenvalue weighted by molar-refractivity contribution is 5.90. The smallest absolute Gasteiger partial charge is 0.245 e. The van der Waals surface area contributed by atoms with Crippen molar-refractivity contribution >= 4 is 11.8 Å². The summed E-state index contributed by atoms with van der Waals surface area (Å²) in [5.41, 5.74) is 2.69. The van der Waals surface area contributed by atoms with Crippen LogP contribution in [0.5, 0.6) is 0 Å². The summed E-state index contributed by atoms with van der Waals surface area (Å²) in [4.78, 5) is 27.9. The fourth-order valence-electron chi connectivity index (χ4n) is 3.28. The van der Waals surface area contributed by atoms with Crippen LogP contribution < -0.4 is 5.32 Å². The number of hydrogen-bond acceptors (Lipinski definition) is 3. The molecule has 0 saturated carbocycles. The third kappa shape index (κ3) is 3.91. The summed E-state index contributed by atoms with van der Waals surface area (Å²) in [6, 6.07) is 8.49. The minimum absolute atomic E-state index is 0.00230. The topological polar surface area (TPSA) is 52.7 Å². The van der Waals surface area contributed by atoms with Crippen molar-refractivity contribution in [2.45, 2.75) is 38.8 Å². The van der Waals surface area contributed by atoms with Crippen molar-refractivity contribution in [3.05, 3.63) is 35.4 Å². The van der Waals surface area contributed by atoms with E-state index in [0.717, 1.165) is 39.1 Å². The molecule has 1 N–H and O–H groups in total. The van der Waals surface area contributed by atoms with E-state index in [4.69, 9.17) is 0 Å². The standard InChI is InChI=1S/C18H25N3O2/c1-2-14-3-5-15(6-4-14)13-20-9-11-21(12-10-20)18(23)16-7-8-17(22)19-16/h3-6,16H,2,7-13H2,1H3,(H,19,22). The van der Waals surface area contributed by atoms with E-state index in [9.17, 15) is 9.59 Å². The van der Waals surface area contributed by atoms with Crippen molar-refractivity contribution in [3.8, 4) is 0 Å². The number of carbonyl (C=O) groups excluding carboxylic acids is 2. The minimum Gasteiger partial charge on any atom is -0.344 e. The van der Waals surface area contributed by atoms with Gasteiger partial charge in [-0.1, -0.05) is 31.2 Å². The molecule has 2 amide bonds. The summed E-state index contributed by atoms with van der Waals surface area (Å²) < 4.78 is 0. The Kier molecular flexibility index (Phi) is 4.96. The second-order valence-electron chi connectivity index (χ2n) is 6.43. The van der Waals surface area contributed by atoms with E-state index in [0.29, 0.717) is 12.8 Å². The summed E-state index contributed by atoms with van der Waals surface area (Å²) in [5.74, 6) is 0.0836. The molecule has 2 fully saturated rings. The van der Waals surface area contributed by atoms with Gasteiger partial charge in [0.2, 0.25) is 11.8 Å². The summed E-state index contributed by atoms with van der Waals surface area (Å²) in [5, 5.41) is 2.77. The number of nitrogens with zero attached hydrogens (tertiary/aromatic N) is 2. The summed E-state index contributed by atoms with van der Waals surface area (Å²) in [6.07, 6.45) is 2.19. The molecule has 0 aliphatic carbocycles. The lowest BCUT2D eigenvalue weighted by atomic mass is 10.1. The van der Waals surface area contributed by atoms with Crippen LogP contribution in [0.1, 0.15) is 30.9 Å². The van der Waals surface area contributed by atoms with Crippen molar-refractivity contribution in [3.63, 3.8) is 0 Å². The third-order valence-corrected chi connectivity index (χ3v) is 4.81. The lowest BCUT2D eigenvalue weighted by molar-refractivity contribution is -0.136. The Hall–Kier alpha value is -1.88. The second kappa shape index (κ2) is 7.13. The molecule has 5 nitrogen and oxygen atoms in total. The molecule has 0 spiro atoms. The number of amides is 2. The maximum absolute atomic E-state index is 12.4. The SMILES string of the molecule is CCc1ccc(CN2CCN(C(=O)C3CCC(=O)N3)CC2)cc1. The molecule has 3 rings (SSSR count). The molecular weight excluding hydrogens is 290 g/mol. The van der Waals surface area contributed by atoms with Gasteiger partial charge in [-0.25, -0.2) is 0 Å². The predicted molar refractivity (Wildman–Crippen MR) is 88.8 cm³/mol. The highest BCUT2D eigenvalue weighted by Crippen LogP contribution is 2.14. The fourth-order valence-corrected chi connectivity index (χ4v) is 3.28. The van der Waals surface area contributed by atoms with Crippen LogP contribution in [0.2, 0.25) is 0 Å². The van der Waals surface area contributed by atoms with E-state index in [2.05, 4.69) is 41.4 Å². The maximum atomic E-state index is 12.4. The second-order valence-corrected chi connectivity index (χ2v) is 6.43. The molecular formula is C18H25N3O2. The van der Waals surface area contributed by atoms with Crippen LogP contribution in [-0.2, 0) is 22.6 Å². The Balaban J connectivity index is 1.48. The van der Waals surface area contributed by atoms with E-state index in [1.54, 1.807) is 0 Å².